The number of nitrogen functional groups attached to an aromatic ring is 2. The third-order valence-electron chi connectivity index (χ3n) is 8.04. The Bertz CT molecular complexity index is 1270. The largest absolute Gasteiger partial charge is 0.506 e. The van der Waals surface area contributed by atoms with Crippen molar-refractivity contribution in [3.8, 4) is 46.3 Å². The third-order valence-corrected chi connectivity index (χ3v) is 8.04. The topological polar surface area (TPSA) is 111 Å². The van der Waals surface area contributed by atoms with Crippen LogP contribution in [0.2, 0.25) is 0 Å². The van der Waals surface area contributed by atoms with Crippen LogP contribution in [-0.2, 0) is 0 Å². The van der Waals surface area contributed by atoms with E-state index in [2.05, 4.69) is 11.8 Å². The molecule has 4 bridgehead atoms. The Kier molecular flexibility index (Phi) is 5.56. The minimum atomic E-state index is -0.0431. The van der Waals surface area contributed by atoms with Crippen LogP contribution in [-0.4, -0.2) is 10.2 Å². The Balaban J connectivity index is 1.37. The first-order chi connectivity index (χ1) is 17.4. The molecule has 6 N–H and O–H groups in total. The minimum absolute atomic E-state index is 0.0431. The fourth-order valence-electron chi connectivity index (χ4n) is 6.55. The first kappa shape index (κ1) is 22.5. The highest BCUT2D eigenvalue weighted by Crippen LogP contribution is 2.56. The average Bonchev–Trinajstić information content (AvgIpc) is 2.84. The van der Waals surface area contributed by atoms with E-state index in [1.807, 2.05) is 18.2 Å². The SMILES string of the molecule is Nc1ccc(Oc2cccc(Oc3ccc(N)c(O)c3)c2C#CC2C3CC4CC(C3)CC2C4)cc1O. The van der Waals surface area contributed by atoms with Gasteiger partial charge in [0, 0.05) is 18.1 Å². The number of rotatable bonds is 4. The molecule has 7 rings (SSSR count). The summed E-state index contributed by atoms with van der Waals surface area (Å²) in [6, 6.07) is 15.1. The maximum Gasteiger partial charge on any atom is 0.146 e. The Morgan fingerprint density at radius 2 is 1.19 bits per heavy atom. The molecule has 6 nitrogen and oxygen atoms in total. The summed E-state index contributed by atoms with van der Waals surface area (Å²) < 4.78 is 12.3. The fraction of sp³-hybridized carbons (Fsp3) is 0.333. The maximum absolute atomic E-state index is 10.0. The zero-order valence-corrected chi connectivity index (χ0v) is 20.0. The van der Waals surface area contributed by atoms with Crippen LogP contribution in [0.4, 0.5) is 11.4 Å². The van der Waals surface area contributed by atoms with Gasteiger partial charge in [-0.3, -0.25) is 0 Å². The molecule has 0 saturated heterocycles. The predicted octanol–water partition coefficient (Wildman–Crippen LogP) is 6.27. The Labute approximate surface area is 210 Å². The molecule has 4 saturated carbocycles. The van der Waals surface area contributed by atoms with Gasteiger partial charge in [-0.15, -0.1) is 0 Å². The van der Waals surface area contributed by atoms with Crippen molar-refractivity contribution in [1.29, 1.82) is 0 Å². The number of ether oxygens (including phenoxy) is 2. The molecular weight excluding hydrogens is 452 g/mol. The van der Waals surface area contributed by atoms with E-state index >= 15 is 0 Å². The molecule has 0 spiro atoms. The van der Waals surface area contributed by atoms with E-state index in [0.29, 0.717) is 46.3 Å². The molecule has 0 aromatic heterocycles. The first-order valence-electron chi connectivity index (χ1n) is 12.6. The summed E-state index contributed by atoms with van der Waals surface area (Å²) in [4.78, 5) is 0. The quantitative estimate of drug-likeness (QED) is 0.198. The van der Waals surface area contributed by atoms with E-state index in [9.17, 15) is 10.2 Å². The average molecular weight is 483 g/mol. The lowest BCUT2D eigenvalue weighted by molar-refractivity contribution is -0.0122. The first-order valence-corrected chi connectivity index (χ1v) is 12.6. The van der Waals surface area contributed by atoms with Crippen LogP contribution in [0, 0.1) is 41.4 Å². The highest BCUT2D eigenvalue weighted by atomic mass is 16.5. The van der Waals surface area contributed by atoms with Gasteiger partial charge in [-0.2, -0.15) is 0 Å². The van der Waals surface area contributed by atoms with Gasteiger partial charge in [0.25, 0.3) is 0 Å². The van der Waals surface area contributed by atoms with Crippen molar-refractivity contribution in [2.45, 2.75) is 32.1 Å². The molecule has 36 heavy (non-hydrogen) atoms. The van der Waals surface area contributed by atoms with E-state index in [-0.39, 0.29) is 22.9 Å². The number of hydrogen-bond donors (Lipinski definition) is 4. The summed E-state index contributed by atoms with van der Waals surface area (Å²) in [6.45, 7) is 0. The predicted molar refractivity (Wildman–Crippen MR) is 139 cm³/mol. The van der Waals surface area contributed by atoms with Gasteiger partial charge in [0.05, 0.1) is 11.4 Å². The van der Waals surface area contributed by atoms with E-state index in [0.717, 1.165) is 11.8 Å². The second kappa shape index (κ2) is 8.91. The normalized spacial score (nSPS) is 25.7. The highest BCUT2D eigenvalue weighted by Gasteiger charge is 2.47. The van der Waals surface area contributed by atoms with Gasteiger partial charge in [-0.05, 0) is 92.2 Å². The van der Waals surface area contributed by atoms with Crippen LogP contribution in [0.15, 0.2) is 54.6 Å². The van der Waals surface area contributed by atoms with Crippen LogP contribution in [0.1, 0.15) is 37.7 Å². The standard InChI is InChI=1S/C30H30N2O4/c31-25-8-4-21(15-27(25)33)35-29-2-1-3-30(36-22-5-9-26(32)28(34)16-22)24(29)7-6-23-19-11-17-10-18(13-19)14-20(23)12-17/h1-5,8-9,15-20,23,33-34H,10-14,31-32H2. The maximum atomic E-state index is 10.0. The Morgan fingerprint density at radius 3 is 1.67 bits per heavy atom. The number of benzene rings is 3. The van der Waals surface area contributed by atoms with Crippen molar-refractivity contribution in [1.82, 2.24) is 0 Å². The van der Waals surface area contributed by atoms with Gasteiger partial charge in [0.15, 0.2) is 0 Å². The molecule has 0 radical (unpaired) electrons. The molecule has 0 amide bonds. The number of aromatic hydroxyl groups is 2. The van der Waals surface area contributed by atoms with Crippen molar-refractivity contribution >= 4 is 11.4 Å². The molecule has 184 valence electrons. The third kappa shape index (κ3) is 4.26. The number of phenols is 2. The lowest BCUT2D eigenvalue weighted by Crippen LogP contribution is -2.44. The zero-order valence-electron chi connectivity index (χ0n) is 20.0. The van der Waals surface area contributed by atoms with Crippen molar-refractivity contribution in [3.05, 3.63) is 60.2 Å². The second-order valence-corrected chi connectivity index (χ2v) is 10.5. The van der Waals surface area contributed by atoms with Gasteiger partial charge < -0.3 is 31.2 Å². The van der Waals surface area contributed by atoms with Crippen molar-refractivity contribution in [3.63, 3.8) is 0 Å². The summed E-state index contributed by atoms with van der Waals surface area (Å²) >= 11 is 0. The molecule has 4 fully saturated rings. The smallest absolute Gasteiger partial charge is 0.146 e. The molecule has 0 atom stereocenters. The van der Waals surface area contributed by atoms with E-state index in [1.54, 1.807) is 24.3 Å². The van der Waals surface area contributed by atoms with Gasteiger partial charge in [0.1, 0.15) is 40.1 Å². The summed E-state index contributed by atoms with van der Waals surface area (Å²) in [7, 11) is 0. The number of anilines is 2. The lowest BCUT2D eigenvalue weighted by atomic mass is 9.52. The van der Waals surface area contributed by atoms with Gasteiger partial charge in [-0.25, -0.2) is 0 Å². The molecule has 3 aromatic rings. The molecule has 0 heterocycles. The molecule has 4 aliphatic carbocycles. The van der Waals surface area contributed by atoms with Gasteiger partial charge in [-0.1, -0.05) is 17.9 Å². The van der Waals surface area contributed by atoms with E-state index in [4.69, 9.17) is 20.9 Å². The second-order valence-electron chi connectivity index (χ2n) is 10.5. The monoisotopic (exact) mass is 482 g/mol. The van der Waals surface area contributed by atoms with Crippen LogP contribution in [0.3, 0.4) is 0 Å². The van der Waals surface area contributed by atoms with Crippen molar-refractivity contribution in [2.24, 2.45) is 29.6 Å². The molecule has 3 aromatic carbocycles. The highest BCUT2D eigenvalue weighted by molar-refractivity contribution is 5.60. The minimum Gasteiger partial charge on any atom is -0.506 e. The number of nitrogens with two attached hydrogens (primary N) is 2. The Morgan fingerprint density at radius 1 is 0.694 bits per heavy atom. The van der Waals surface area contributed by atoms with E-state index in [1.165, 1.54) is 44.2 Å². The molecule has 4 aliphatic rings. The van der Waals surface area contributed by atoms with Gasteiger partial charge in [0.2, 0.25) is 0 Å². The fourth-order valence-corrected chi connectivity index (χ4v) is 6.55. The van der Waals surface area contributed by atoms with Crippen LogP contribution >= 0.6 is 0 Å². The molecule has 0 unspecified atom stereocenters. The van der Waals surface area contributed by atoms with Gasteiger partial charge >= 0.3 is 0 Å². The summed E-state index contributed by atoms with van der Waals surface area (Å²) in [5, 5.41) is 20.1. The van der Waals surface area contributed by atoms with Crippen molar-refractivity contribution < 1.29 is 19.7 Å². The number of hydrogen-bond acceptors (Lipinski definition) is 6. The zero-order chi connectivity index (χ0) is 24.8. The lowest BCUT2D eigenvalue weighted by Gasteiger charge is -2.52. The summed E-state index contributed by atoms with van der Waals surface area (Å²) in [5.41, 5.74) is 12.7. The van der Waals surface area contributed by atoms with E-state index < -0.39 is 0 Å². The molecule has 6 heteroatoms. The summed E-state index contributed by atoms with van der Waals surface area (Å²) in [5.74, 6) is 12.4. The van der Waals surface area contributed by atoms with Crippen molar-refractivity contribution in [2.75, 3.05) is 11.5 Å². The number of phenolic OH excluding ortho intramolecular Hbond substituents is 2. The van der Waals surface area contributed by atoms with Crippen LogP contribution < -0.4 is 20.9 Å². The summed E-state index contributed by atoms with van der Waals surface area (Å²) in [6.07, 6.45) is 6.59. The molecular formula is C30H30N2O4. The van der Waals surface area contributed by atoms with Crippen LogP contribution in [0.25, 0.3) is 0 Å². The molecule has 0 aliphatic heterocycles. The Hall–Kier alpha value is -3.98. The van der Waals surface area contributed by atoms with Crippen LogP contribution in [0.5, 0.6) is 34.5 Å².